The van der Waals surface area contributed by atoms with Crippen molar-refractivity contribution in [2.45, 2.75) is 62.4 Å². The predicted molar refractivity (Wildman–Crippen MR) is 197 cm³/mol. The fourth-order valence-corrected chi connectivity index (χ4v) is 5.77. The molecule has 8 aliphatic heterocycles. The van der Waals surface area contributed by atoms with Crippen molar-refractivity contribution in [1.82, 2.24) is 19.6 Å². The number of rotatable bonds is 0. The summed E-state index contributed by atoms with van der Waals surface area (Å²) in [6, 6.07) is 0. The van der Waals surface area contributed by atoms with Crippen molar-refractivity contribution in [2.75, 3.05) is 105 Å². The number of hydrogen-bond donors (Lipinski definition) is 0. The van der Waals surface area contributed by atoms with Gasteiger partial charge in [0, 0.05) is 64.7 Å². The van der Waals surface area contributed by atoms with Gasteiger partial charge in [-0.1, -0.05) is 0 Å². The minimum Gasteiger partial charge on any atom is -0.741 e. The summed E-state index contributed by atoms with van der Waals surface area (Å²) in [6.07, 6.45) is 9.66. The van der Waals surface area contributed by atoms with E-state index in [1.165, 1.54) is 104 Å². The first kappa shape index (κ1) is 53.8. The Bertz CT molecular complexity index is 1390. The predicted octanol–water partition coefficient (Wildman–Crippen LogP) is 3.40. The molecule has 338 valence electrons. The molecule has 0 spiro atoms. The van der Waals surface area contributed by atoms with E-state index >= 15 is 0 Å². The van der Waals surface area contributed by atoms with Gasteiger partial charge in [0.15, 0.2) is 20.2 Å². The molecule has 0 aromatic rings. The summed E-state index contributed by atoms with van der Waals surface area (Å²) in [5.41, 5.74) is -11.3. The normalized spacial score (nSPS) is 21.0. The van der Waals surface area contributed by atoms with E-state index in [9.17, 15) is 26.3 Å². The van der Waals surface area contributed by atoms with Crippen LogP contribution in [0.3, 0.4) is 0 Å². The zero-order valence-corrected chi connectivity index (χ0v) is 38.7. The largest absolute Gasteiger partial charge is 0.741 e. The Balaban J connectivity index is 0.000000347. The van der Waals surface area contributed by atoms with Crippen molar-refractivity contribution in [3.05, 3.63) is 21.3 Å². The molecule has 0 unspecified atom stereocenters. The summed E-state index contributed by atoms with van der Waals surface area (Å²) in [4.78, 5) is 26.4. The summed E-state index contributed by atoms with van der Waals surface area (Å²) >= 11 is 0. The van der Waals surface area contributed by atoms with Crippen LogP contribution < -0.4 is 0 Å². The molecule has 58 heavy (non-hydrogen) atoms. The van der Waals surface area contributed by atoms with Gasteiger partial charge >= 0.3 is 11.0 Å². The average molecular weight is 1220 g/mol. The molecule has 0 saturated carbocycles. The number of hydrogen-bond acceptors (Lipinski definition) is 14. The second kappa shape index (κ2) is 26.2. The molecule has 28 heteroatoms. The van der Waals surface area contributed by atoms with Gasteiger partial charge in [-0.15, -0.1) is 0 Å². The number of fused-ring (bicyclic) bond motifs is 4. The van der Waals surface area contributed by atoms with E-state index < -0.39 is 31.3 Å². The maximum Gasteiger partial charge on any atom is 0.485 e. The van der Waals surface area contributed by atoms with Crippen LogP contribution in [0, 0.1) is 0 Å². The van der Waals surface area contributed by atoms with Crippen molar-refractivity contribution >= 4 is 44.1 Å². The van der Waals surface area contributed by atoms with E-state index in [0.29, 0.717) is 0 Å². The SMILES string of the molecule is C1CN=C2[N-]CCCN2C1.C1CN=C2[N-]CCCN2C1.C1CN=C2[N-]CCCN2C1.C1CN=C2[N-]CCCN2C1.O=S(=O)([O-])C(F)(F)F.O=S(=O)([O-])C(F)(F)F.[Re].[Re]. The van der Waals surface area contributed by atoms with Crippen LogP contribution in [-0.4, -0.2) is 185 Å². The van der Waals surface area contributed by atoms with Gasteiger partial charge in [0.05, 0.1) is 0 Å². The van der Waals surface area contributed by atoms with Crippen LogP contribution in [0.25, 0.3) is 21.3 Å². The number of nitrogens with zero attached hydrogens (tertiary/aromatic N) is 12. The molecule has 0 aromatic heterocycles. The number of halogens is 6. The Morgan fingerprint density at radius 1 is 0.414 bits per heavy atom. The summed E-state index contributed by atoms with van der Waals surface area (Å²) in [6.45, 7) is 17.2. The van der Waals surface area contributed by atoms with Gasteiger partial charge in [0.2, 0.25) is 0 Å². The van der Waals surface area contributed by atoms with Gasteiger partial charge < -0.3 is 69.9 Å². The van der Waals surface area contributed by atoms with Crippen LogP contribution in [0.5, 0.6) is 0 Å². The number of guanidine groups is 4. The Morgan fingerprint density at radius 2 is 0.586 bits per heavy atom. The second-order valence-electron chi connectivity index (χ2n) is 12.8. The first-order chi connectivity index (χ1) is 26.4. The third kappa shape index (κ3) is 19.5. The molecule has 8 heterocycles. The Morgan fingerprint density at radius 3 is 0.741 bits per heavy atom. The van der Waals surface area contributed by atoms with Gasteiger partial charge in [0.25, 0.3) is 0 Å². The number of aliphatic imine (C=N–C) groups is 4. The minimum absolute atomic E-state index is 0. The first-order valence-electron chi connectivity index (χ1n) is 18.3. The smallest absolute Gasteiger partial charge is 0.485 e. The van der Waals surface area contributed by atoms with Crippen LogP contribution in [0.15, 0.2) is 20.0 Å². The monoisotopic (exact) mass is 1220 g/mol. The van der Waals surface area contributed by atoms with Crippen LogP contribution in [0.2, 0.25) is 0 Å². The third-order valence-electron chi connectivity index (χ3n) is 8.41. The molecule has 0 aromatic carbocycles. The first-order valence-corrected chi connectivity index (χ1v) is 21.1. The number of alkyl halides is 6. The van der Waals surface area contributed by atoms with Crippen LogP contribution in [0.4, 0.5) is 26.3 Å². The fourth-order valence-electron chi connectivity index (χ4n) is 5.77. The Labute approximate surface area is 363 Å². The zero-order chi connectivity index (χ0) is 41.2. The van der Waals surface area contributed by atoms with Crippen LogP contribution >= 0.6 is 0 Å². The molecule has 0 aliphatic carbocycles. The Kier molecular flexibility index (Phi) is 24.3. The van der Waals surface area contributed by atoms with Gasteiger partial charge in [-0.3, -0.25) is 0 Å². The molecule has 8 aliphatic rings. The molecule has 0 bridgehead atoms. The van der Waals surface area contributed by atoms with E-state index in [2.05, 4.69) is 60.8 Å². The molecule has 2 radical (unpaired) electrons. The van der Waals surface area contributed by atoms with Crippen molar-refractivity contribution < 1.29 is 93.1 Å². The molecular formula is C30H48F6N12O6Re2S2-6. The van der Waals surface area contributed by atoms with E-state index in [1.54, 1.807) is 0 Å². The minimum atomic E-state index is -6.09. The standard InChI is InChI=1S/4C7H12N3.2CHF3O3S.2Re/c4*1-3-8-7-9-4-2-6-10(7)5-1;2*2-1(3,4)8(5,6)7;;/h4*1-6H2;2*(H,5,6,7);;/q4*-1;;;;/p-2. The van der Waals surface area contributed by atoms with E-state index in [1.807, 2.05) is 0 Å². The fraction of sp³-hybridized carbons (Fsp3) is 0.867. The van der Waals surface area contributed by atoms with Gasteiger partial charge in [-0.25, -0.2) is 16.8 Å². The third-order valence-corrected chi connectivity index (χ3v) is 9.55. The topological polar surface area (TPSA) is 233 Å². The summed E-state index contributed by atoms with van der Waals surface area (Å²) in [5.74, 6) is 4.05. The maximum absolute atomic E-state index is 10.7. The summed E-state index contributed by atoms with van der Waals surface area (Å²) in [5, 5.41) is 17.3. The van der Waals surface area contributed by atoms with E-state index in [0.717, 1.165) is 76.2 Å². The summed E-state index contributed by atoms with van der Waals surface area (Å²) in [7, 11) is -12.2. The van der Waals surface area contributed by atoms with Gasteiger partial charge in [-0.2, -0.15) is 26.3 Å². The molecule has 0 amide bonds. The van der Waals surface area contributed by atoms with Crippen LogP contribution in [-0.2, 0) is 61.1 Å². The van der Waals surface area contributed by atoms with Crippen LogP contribution in [0.1, 0.15) is 51.4 Å². The molecule has 4 fully saturated rings. The average Bonchev–Trinajstić information content (AvgIpc) is 3.18. The Hall–Kier alpha value is -2.20. The molecule has 0 N–H and O–H groups in total. The van der Waals surface area contributed by atoms with Crippen molar-refractivity contribution in [2.24, 2.45) is 20.0 Å². The van der Waals surface area contributed by atoms with Gasteiger partial charge in [-0.05, 0) is 156 Å². The maximum atomic E-state index is 10.7. The van der Waals surface area contributed by atoms with Crippen molar-refractivity contribution in [1.29, 1.82) is 0 Å². The van der Waals surface area contributed by atoms with Gasteiger partial charge in [0.1, 0.15) is 0 Å². The molecule has 8 rings (SSSR count). The summed E-state index contributed by atoms with van der Waals surface area (Å²) < 4.78 is 118. The second-order valence-corrected chi connectivity index (χ2v) is 15.6. The van der Waals surface area contributed by atoms with E-state index in [-0.39, 0.29) is 40.8 Å². The zero-order valence-electron chi connectivity index (χ0n) is 31.6. The van der Waals surface area contributed by atoms with Crippen molar-refractivity contribution in [3.8, 4) is 0 Å². The quantitative estimate of drug-likeness (QED) is 0.195. The molecule has 4 saturated heterocycles. The van der Waals surface area contributed by atoms with Crippen molar-refractivity contribution in [3.63, 3.8) is 0 Å². The van der Waals surface area contributed by atoms with E-state index in [4.69, 9.17) is 25.9 Å². The molecular weight excluding hydrogens is 1170 g/mol. The molecule has 18 nitrogen and oxygen atoms in total. The molecule has 0 atom stereocenters.